The Morgan fingerprint density at radius 3 is 2.73 bits per heavy atom. The average molecular weight is 424 g/mol. The van der Waals surface area contributed by atoms with Crippen molar-refractivity contribution < 1.29 is 27.4 Å². The van der Waals surface area contributed by atoms with Crippen molar-refractivity contribution in [3.8, 4) is 11.6 Å². The summed E-state index contributed by atoms with van der Waals surface area (Å²) in [6.07, 6.45) is -1.45. The van der Waals surface area contributed by atoms with Crippen LogP contribution in [0.5, 0.6) is 11.6 Å². The van der Waals surface area contributed by atoms with Crippen molar-refractivity contribution >= 4 is 11.9 Å². The first-order valence-electron chi connectivity index (χ1n) is 9.52. The molecule has 1 amide bonds. The van der Waals surface area contributed by atoms with Gasteiger partial charge in [0.25, 0.3) is 0 Å². The van der Waals surface area contributed by atoms with E-state index in [1.54, 1.807) is 31.5 Å². The van der Waals surface area contributed by atoms with E-state index in [1.165, 1.54) is 12.1 Å². The first-order chi connectivity index (χ1) is 14.3. The first kappa shape index (κ1) is 21.7. The molecule has 3 rings (SSSR count). The van der Waals surface area contributed by atoms with Crippen LogP contribution in [0.25, 0.3) is 0 Å². The number of piperidine rings is 1. The molecule has 1 aromatic carbocycles. The van der Waals surface area contributed by atoms with Gasteiger partial charge in [0.15, 0.2) is 6.61 Å². The molecular weight excluding hydrogens is 401 g/mol. The Morgan fingerprint density at radius 1 is 1.27 bits per heavy atom. The molecule has 1 aromatic heterocycles. The molecule has 1 N–H and O–H groups in total. The summed E-state index contributed by atoms with van der Waals surface area (Å²) in [4.78, 5) is 23.1. The number of halogens is 3. The molecule has 0 unspecified atom stereocenters. The lowest BCUT2D eigenvalue weighted by molar-refractivity contribution is -0.153. The number of ether oxygens (including phenoxy) is 2. The molecule has 10 heteroatoms. The number of benzene rings is 1. The minimum absolute atomic E-state index is 0.0807. The fourth-order valence-corrected chi connectivity index (χ4v) is 3.18. The third-order valence-corrected chi connectivity index (χ3v) is 4.74. The number of hydrogen-bond donors (Lipinski definition) is 1. The first-order valence-corrected chi connectivity index (χ1v) is 9.52. The molecule has 2 heterocycles. The zero-order valence-electron chi connectivity index (χ0n) is 16.5. The Morgan fingerprint density at radius 2 is 2.03 bits per heavy atom. The molecule has 1 fully saturated rings. The van der Waals surface area contributed by atoms with Crippen molar-refractivity contribution in [3.05, 3.63) is 42.1 Å². The quantitative estimate of drug-likeness (QED) is 0.737. The summed E-state index contributed by atoms with van der Waals surface area (Å²) < 4.78 is 46.7. The summed E-state index contributed by atoms with van der Waals surface area (Å²) in [6, 6.07) is 7.94. The van der Waals surface area contributed by atoms with Crippen LogP contribution in [-0.2, 0) is 11.3 Å². The second-order valence-electron chi connectivity index (χ2n) is 6.93. The standard InChI is InChI=1S/C20H23F3N4O3/c1-29-17-5-8-24-19(26-17)27-9-6-15(7-10-27)18(28)25-12-14-3-2-4-16(11-14)30-13-20(21,22)23/h2-5,8,11,15H,6-7,9-10,12-13H2,1H3,(H,25,28). The summed E-state index contributed by atoms with van der Waals surface area (Å²) in [5, 5.41) is 2.85. The summed E-state index contributed by atoms with van der Waals surface area (Å²) in [5.74, 6) is 0.954. The van der Waals surface area contributed by atoms with Crippen LogP contribution in [0.2, 0.25) is 0 Å². The predicted molar refractivity (Wildman–Crippen MR) is 103 cm³/mol. The van der Waals surface area contributed by atoms with E-state index in [9.17, 15) is 18.0 Å². The molecule has 0 aliphatic carbocycles. The molecule has 1 aliphatic rings. The highest BCUT2D eigenvalue weighted by Gasteiger charge is 2.28. The van der Waals surface area contributed by atoms with Gasteiger partial charge in [0.1, 0.15) is 5.75 Å². The van der Waals surface area contributed by atoms with Gasteiger partial charge >= 0.3 is 6.18 Å². The number of nitrogens with one attached hydrogen (secondary N) is 1. The Kier molecular flexibility index (Phi) is 6.96. The van der Waals surface area contributed by atoms with Gasteiger partial charge in [-0.25, -0.2) is 4.98 Å². The van der Waals surface area contributed by atoms with Crippen LogP contribution in [0.1, 0.15) is 18.4 Å². The molecule has 0 radical (unpaired) electrons. The van der Waals surface area contributed by atoms with Crippen molar-refractivity contribution in [2.75, 3.05) is 31.7 Å². The van der Waals surface area contributed by atoms with E-state index in [0.717, 1.165) is 0 Å². The zero-order valence-corrected chi connectivity index (χ0v) is 16.5. The highest BCUT2D eigenvalue weighted by atomic mass is 19.4. The molecule has 7 nitrogen and oxygen atoms in total. The summed E-state index contributed by atoms with van der Waals surface area (Å²) >= 11 is 0. The Bertz CT molecular complexity index is 855. The maximum Gasteiger partial charge on any atom is 0.422 e. The number of rotatable bonds is 7. The van der Waals surface area contributed by atoms with Crippen molar-refractivity contribution in [3.63, 3.8) is 0 Å². The summed E-state index contributed by atoms with van der Waals surface area (Å²) in [6.45, 7) is 0.164. The van der Waals surface area contributed by atoms with Crippen molar-refractivity contribution in [2.45, 2.75) is 25.6 Å². The predicted octanol–water partition coefficient (Wildman–Crippen LogP) is 2.96. The van der Waals surface area contributed by atoms with Crippen molar-refractivity contribution in [1.29, 1.82) is 0 Å². The molecule has 0 saturated carbocycles. The van der Waals surface area contributed by atoms with Gasteiger partial charge in [-0.1, -0.05) is 12.1 Å². The second kappa shape index (κ2) is 9.64. The fourth-order valence-electron chi connectivity index (χ4n) is 3.18. The number of methoxy groups -OCH3 is 1. The van der Waals surface area contributed by atoms with Gasteiger partial charge in [0.05, 0.1) is 7.11 Å². The minimum atomic E-state index is -4.39. The largest absolute Gasteiger partial charge is 0.484 e. The molecule has 162 valence electrons. The number of carbonyl (C=O) groups is 1. The van der Waals surface area contributed by atoms with Crippen LogP contribution in [0.15, 0.2) is 36.5 Å². The van der Waals surface area contributed by atoms with Crippen molar-refractivity contribution in [2.24, 2.45) is 5.92 Å². The maximum absolute atomic E-state index is 12.5. The lowest BCUT2D eigenvalue weighted by Gasteiger charge is -2.31. The summed E-state index contributed by atoms with van der Waals surface area (Å²) in [5.41, 5.74) is 0.672. The molecule has 0 bridgehead atoms. The molecule has 1 aliphatic heterocycles. The van der Waals surface area contributed by atoms with Gasteiger partial charge in [-0.05, 0) is 30.5 Å². The van der Waals surface area contributed by atoms with E-state index in [4.69, 9.17) is 9.47 Å². The summed E-state index contributed by atoms with van der Waals surface area (Å²) in [7, 11) is 1.54. The van der Waals surface area contributed by atoms with Crippen LogP contribution in [0.4, 0.5) is 19.1 Å². The van der Waals surface area contributed by atoms with Gasteiger partial charge in [-0.2, -0.15) is 18.2 Å². The third-order valence-electron chi connectivity index (χ3n) is 4.74. The van der Waals surface area contributed by atoms with E-state index < -0.39 is 12.8 Å². The van der Waals surface area contributed by atoms with E-state index in [2.05, 4.69) is 15.3 Å². The highest BCUT2D eigenvalue weighted by molar-refractivity contribution is 5.79. The van der Waals surface area contributed by atoms with Gasteiger partial charge in [0.2, 0.25) is 17.7 Å². The zero-order chi connectivity index (χ0) is 21.6. The number of carbonyl (C=O) groups excluding carboxylic acids is 1. The third kappa shape index (κ3) is 6.23. The molecule has 30 heavy (non-hydrogen) atoms. The molecule has 1 saturated heterocycles. The lowest BCUT2D eigenvalue weighted by Crippen LogP contribution is -2.41. The number of anilines is 1. The van der Waals surface area contributed by atoms with Crippen LogP contribution in [0, 0.1) is 5.92 Å². The molecule has 0 spiro atoms. The normalized spacial score (nSPS) is 15.0. The van der Waals surface area contributed by atoms with Crippen molar-refractivity contribution in [1.82, 2.24) is 15.3 Å². The van der Waals surface area contributed by atoms with E-state index >= 15 is 0 Å². The van der Waals surface area contributed by atoms with Crippen LogP contribution >= 0.6 is 0 Å². The topological polar surface area (TPSA) is 76.6 Å². The van der Waals surface area contributed by atoms with E-state index in [1.807, 2.05) is 4.90 Å². The number of alkyl halides is 3. The number of hydrogen-bond acceptors (Lipinski definition) is 6. The molecular formula is C20H23F3N4O3. The van der Waals surface area contributed by atoms with Gasteiger partial charge < -0.3 is 19.7 Å². The SMILES string of the molecule is COc1ccnc(N2CCC(C(=O)NCc3cccc(OCC(F)(F)F)c3)CC2)n1. The van der Waals surface area contributed by atoms with Gasteiger partial charge in [-0.15, -0.1) is 0 Å². The van der Waals surface area contributed by atoms with Gasteiger partial charge in [0, 0.05) is 37.8 Å². The number of amides is 1. The average Bonchev–Trinajstić information content (AvgIpc) is 2.76. The van der Waals surface area contributed by atoms with Gasteiger partial charge in [-0.3, -0.25) is 4.79 Å². The van der Waals surface area contributed by atoms with E-state index in [0.29, 0.717) is 43.3 Å². The Balaban J connectivity index is 1.47. The lowest BCUT2D eigenvalue weighted by atomic mass is 9.96. The fraction of sp³-hybridized carbons (Fsp3) is 0.450. The van der Waals surface area contributed by atoms with E-state index in [-0.39, 0.29) is 24.1 Å². The maximum atomic E-state index is 12.5. The smallest absolute Gasteiger partial charge is 0.422 e. The van der Waals surface area contributed by atoms with Crippen LogP contribution < -0.4 is 19.7 Å². The monoisotopic (exact) mass is 424 g/mol. The Hall–Kier alpha value is -3.04. The molecule has 2 aromatic rings. The Labute approximate surface area is 172 Å². The number of nitrogens with zero attached hydrogens (tertiary/aromatic N) is 3. The molecule has 0 atom stereocenters. The number of aromatic nitrogens is 2. The van der Waals surface area contributed by atoms with Crippen LogP contribution in [-0.4, -0.2) is 48.9 Å². The minimum Gasteiger partial charge on any atom is -0.484 e. The highest BCUT2D eigenvalue weighted by Crippen LogP contribution is 2.23. The van der Waals surface area contributed by atoms with Crippen LogP contribution in [0.3, 0.4) is 0 Å². The second-order valence-corrected chi connectivity index (χ2v) is 6.93.